The van der Waals surface area contributed by atoms with E-state index in [0.29, 0.717) is 29.4 Å². The van der Waals surface area contributed by atoms with Gasteiger partial charge in [-0.1, -0.05) is 41.6 Å². The highest BCUT2D eigenvalue weighted by Crippen LogP contribution is 2.30. The highest BCUT2D eigenvalue weighted by molar-refractivity contribution is 6.31. The average molecular weight is 323 g/mol. The standard InChI is InChI=1S/C19H17NO4/c1-3-23-17-12-13(9-10-16(17)22-2)11-15-18(20-24-19(15)21)14-7-5-4-6-8-14/h4-12H,3H2,1-2H3/b15-11-. The summed E-state index contributed by atoms with van der Waals surface area (Å²) >= 11 is 0. The molecule has 5 heteroatoms. The van der Waals surface area contributed by atoms with E-state index in [-0.39, 0.29) is 0 Å². The van der Waals surface area contributed by atoms with Crippen LogP contribution in [0.5, 0.6) is 11.5 Å². The zero-order chi connectivity index (χ0) is 16.9. The molecule has 0 bridgehead atoms. The van der Waals surface area contributed by atoms with Crippen molar-refractivity contribution in [3.8, 4) is 11.5 Å². The van der Waals surface area contributed by atoms with E-state index < -0.39 is 5.97 Å². The van der Waals surface area contributed by atoms with Crippen LogP contribution in [0.3, 0.4) is 0 Å². The lowest BCUT2D eigenvalue weighted by Crippen LogP contribution is -2.06. The highest BCUT2D eigenvalue weighted by Gasteiger charge is 2.26. The van der Waals surface area contributed by atoms with Gasteiger partial charge in [-0.25, -0.2) is 4.79 Å². The first-order valence-corrected chi connectivity index (χ1v) is 7.60. The number of rotatable bonds is 5. The van der Waals surface area contributed by atoms with Gasteiger partial charge >= 0.3 is 5.97 Å². The molecular formula is C19H17NO4. The Labute approximate surface area is 140 Å². The van der Waals surface area contributed by atoms with Gasteiger partial charge in [0.2, 0.25) is 0 Å². The number of ether oxygens (including phenoxy) is 2. The van der Waals surface area contributed by atoms with Crippen molar-refractivity contribution >= 4 is 17.8 Å². The monoisotopic (exact) mass is 323 g/mol. The summed E-state index contributed by atoms with van der Waals surface area (Å²) in [6.07, 6.45) is 1.74. The third kappa shape index (κ3) is 3.15. The van der Waals surface area contributed by atoms with Crippen LogP contribution in [0.1, 0.15) is 18.1 Å². The largest absolute Gasteiger partial charge is 0.493 e. The predicted molar refractivity (Wildman–Crippen MR) is 91.2 cm³/mol. The molecule has 0 amide bonds. The van der Waals surface area contributed by atoms with Crippen molar-refractivity contribution in [1.82, 2.24) is 0 Å². The summed E-state index contributed by atoms with van der Waals surface area (Å²) in [5, 5.41) is 3.90. The first-order valence-electron chi connectivity index (χ1n) is 7.60. The van der Waals surface area contributed by atoms with Gasteiger partial charge in [-0.15, -0.1) is 0 Å². The van der Waals surface area contributed by atoms with E-state index in [2.05, 4.69) is 5.16 Å². The fourth-order valence-electron chi connectivity index (χ4n) is 2.43. The summed E-state index contributed by atoms with van der Waals surface area (Å²) in [6, 6.07) is 14.9. The van der Waals surface area contributed by atoms with Crippen molar-refractivity contribution in [3.05, 3.63) is 65.2 Å². The summed E-state index contributed by atoms with van der Waals surface area (Å²) in [6.45, 7) is 2.42. The van der Waals surface area contributed by atoms with E-state index in [4.69, 9.17) is 14.3 Å². The zero-order valence-electron chi connectivity index (χ0n) is 13.5. The van der Waals surface area contributed by atoms with Crippen LogP contribution in [-0.4, -0.2) is 25.4 Å². The van der Waals surface area contributed by atoms with Crippen molar-refractivity contribution in [2.45, 2.75) is 6.92 Å². The van der Waals surface area contributed by atoms with Gasteiger partial charge in [0.25, 0.3) is 0 Å². The lowest BCUT2D eigenvalue weighted by molar-refractivity contribution is -0.136. The number of methoxy groups -OCH3 is 1. The number of benzene rings is 2. The molecule has 0 saturated carbocycles. The number of carbonyl (C=O) groups is 1. The molecule has 0 aliphatic carbocycles. The highest BCUT2D eigenvalue weighted by atomic mass is 16.7. The number of carbonyl (C=O) groups excluding carboxylic acids is 1. The number of hydrogen-bond donors (Lipinski definition) is 0. The molecule has 2 aromatic rings. The molecule has 0 fully saturated rings. The smallest absolute Gasteiger partial charge is 0.368 e. The van der Waals surface area contributed by atoms with Crippen LogP contribution in [0.4, 0.5) is 0 Å². The van der Waals surface area contributed by atoms with Gasteiger partial charge in [0.15, 0.2) is 11.5 Å². The molecular weight excluding hydrogens is 306 g/mol. The molecule has 24 heavy (non-hydrogen) atoms. The van der Waals surface area contributed by atoms with Crippen LogP contribution >= 0.6 is 0 Å². The van der Waals surface area contributed by atoms with Gasteiger partial charge in [-0.2, -0.15) is 0 Å². The first-order chi connectivity index (χ1) is 11.7. The van der Waals surface area contributed by atoms with E-state index in [0.717, 1.165) is 11.1 Å². The van der Waals surface area contributed by atoms with Gasteiger partial charge in [-0.3, -0.25) is 0 Å². The molecule has 1 heterocycles. The second kappa shape index (κ2) is 7.00. The summed E-state index contributed by atoms with van der Waals surface area (Å²) in [4.78, 5) is 16.9. The van der Waals surface area contributed by atoms with Crippen LogP contribution in [0.15, 0.2) is 59.3 Å². The van der Waals surface area contributed by atoms with Crippen LogP contribution in [-0.2, 0) is 9.63 Å². The molecule has 0 aromatic heterocycles. The van der Waals surface area contributed by atoms with Gasteiger partial charge in [-0.05, 0) is 30.7 Å². The Morgan fingerprint density at radius 3 is 2.62 bits per heavy atom. The summed E-state index contributed by atoms with van der Waals surface area (Å²) in [5.74, 6) is 0.798. The summed E-state index contributed by atoms with van der Waals surface area (Å²) in [7, 11) is 1.59. The Balaban J connectivity index is 1.99. The Morgan fingerprint density at radius 1 is 1.12 bits per heavy atom. The van der Waals surface area contributed by atoms with E-state index in [1.54, 1.807) is 19.3 Å². The molecule has 0 N–H and O–H groups in total. The third-order valence-electron chi connectivity index (χ3n) is 3.54. The van der Waals surface area contributed by atoms with E-state index in [9.17, 15) is 4.79 Å². The van der Waals surface area contributed by atoms with E-state index in [1.807, 2.05) is 49.4 Å². The Bertz CT molecular complexity index is 809. The fraction of sp³-hybridized carbons (Fsp3) is 0.158. The van der Waals surface area contributed by atoms with Crippen molar-refractivity contribution in [2.75, 3.05) is 13.7 Å². The second-order valence-electron chi connectivity index (χ2n) is 5.09. The van der Waals surface area contributed by atoms with Crippen molar-refractivity contribution in [2.24, 2.45) is 5.16 Å². The molecule has 0 radical (unpaired) electrons. The minimum absolute atomic E-state index is 0.411. The minimum atomic E-state index is -0.470. The SMILES string of the molecule is CCOc1cc(/C=C2\C(=O)ON=C2c2ccccc2)ccc1OC. The van der Waals surface area contributed by atoms with E-state index >= 15 is 0 Å². The van der Waals surface area contributed by atoms with Crippen LogP contribution in [0.2, 0.25) is 0 Å². The molecule has 0 spiro atoms. The predicted octanol–water partition coefficient (Wildman–Crippen LogP) is 3.44. The Hall–Kier alpha value is -3.08. The lowest BCUT2D eigenvalue weighted by atomic mass is 10.0. The first kappa shape index (κ1) is 15.8. The quantitative estimate of drug-likeness (QED) is 0.625. The van der Waals surface area contributed by atoms with Gasteiger partial charge < -0.3 is 14.3 Å². The fourth-order valence-corrected chi connectivity index (χ4v) is 2.43. The summed E-state index contributed by atoms with van der Waals surface area (Å²) < 4.78 is 10.8. The lowest BCUT2D eigenvalue weighted by Gasteiger charge is -2.10. The van der Waals surface area contributed by atoms with Crippen LogP contribution in [0.25, 0.3) is 6.08 Å². The van der Waals surface area contributed by atoms with Crippen molar-refractivity contribution in [3.63, 3.8) is 0 Å². The third-order valence-corrected chi connectivity index (χ3v) is 3.54. The van der Waals surface area contributed by atoms with Gasteiger partial charge in [0.1, 0.15) is 5.71 Å². The van der Waals surface area contributed by atoms with Gasteiger partial charge in [0, 0.05) is 5.56 Å². The topological polar surface area (TPSA) is 57.1 Å². The summed E-state index contributed by atoms with van der Waals surface area (Å²) in [5.41, 5.74) is 2.56. The molecule has 122 valence electrons. The molecule has 5 nitrogen and oxygen atoms in total. The molecule has 0 saturated heterocycles. The van der Waals surface area contributed by atoms with Crippen LogP contribution < -0.4 is 9.47 Å². The molecule has 1 aliphatic rings. The average Bonchev–Trinajstić information content (AvgIpc) is 2.97. The van der Waals surface area contributed by atoms with Gasteiger partial charge in [0.05, 0.1) is 19.3 Å². The molecule has 3 rings (SSSR count). The molecule has 2 aromatic carbocycles. The molecule has 1 aliphatic heterocycles. The van der Waals surface area contributed by atoms with Crippen molar-refractivity contribution in [1.29, 1.82) is 0 Å². The minimum Gasteiger partial charge on any atom is -0.493 e. The molecule has 0 atom stereocenters. The maximum atomic E-state index is 12.0. The maximum absolute atomic E-state index is 12.0. The molecule has 0 unspecified atom stereocenters. The normalized spacial score (nSPS) is 15.2. The van der Waals surface area contributed by atoms with E-state index in [1.165, 1.54) is 0 Å². The number of nitrogens with zero attached hydrogens (tertiary/aromatic N) is 1. The zero-order valence-corrected chi connectivity index (χ0v) is 13.5. The number of oxime groups is 1. The second-order valence-corrected chi connectivity index (χ2v) is 5.09. The van der Waals surface area contributed by atoms with Crippen LogP contribution in [0, 0.1) is 0 Å². The Morgan fingerprint density at radius 2 is 1.92 bits per heavy atom. The number of hydrogen-bond acceptors (Lipinski definition) is 5. The Kier molecular flexibility index (Phi) is 4.61. The van der Waals surface area contributed by atoms with Crippen molar-refractivity contribution < 1.29 is 19.1 Å². The maximum Gasteiger partial charge on any atom is 0.368 e.